The molecule has 0 spiro atoms. The topological polar surface area (TPSA) is 70.0 Å². The molecule has 1 saturated carbocycles. The zero-order valence-electron chi connectivity index (χ0n) is 19.9. The molecule has 31 heavy (non-hydrogen) atoms. The predicted molar refractivity (Wildman–Crippen MR) is 124 cm³/mol. The lowest BCUT2D eigenvalue weighted by atomic mass is 9.88. The fraction of sp³-hybridized carbons (Fsp3) is 0.808. The summed E-state index contributed by atoms with van der Waals surface area (Å²) in [5, 5.41) is 21.4. The Morgan fingerprint density at radius 1 is 1.26 bits per heavy atom. The van der Waals surface area contributed by atoms with Gasteiger partial charge in [-0.05, 0) is 70.6 Å². The Morgan fingerprint density at radius 2 is 2.03 bits per heavy atom. The molecule has 3 aliphatic rings. The van der Waals surface area contributed by atoms with Crippen LogP contribution in [0.2, 0.25) is 0 Å². The van der Waals surface area contributed by atoms with Crippen LogP contribution in [0.1, 0.15) is 79.1 Å². The molecule has 2 N–H and O–H groups in total. The van der Waals surface area contributed by atoms with Gasteiger partial charge in [-0.25, -0.2) is 0 Å². The third-order valence-electron chi connectivity index (χ3n) is 7.67. The van der Waals surface area contributed by atoms with Crippen LogP contribution in [-0.2, 0) is 9.53 Å². The van der Waals surface area contributed by atoms with Gasteiger partial charge in [0.25, 0.3) is 0 Å². The van der Waals surface area contributed by atoms with Crippen LogP contribution in [-0.4, -0.2) is 58.0 Å². The second-order valence-electron chi connectivity index (χ2n) is 10.3. The Hall–Kier alpha value is -1.17. The number of aliphatic hydroxyl groups excluding tert-OH is 2. The summed E-state index contributed by atoms with van der Waals surface area (Å²) in [5.41, 5.74) is 1.27. The normalized spacial score (nSPS) is 34.9. The number of unbranched alkanes of at least 4 members (excludes halogenated alkanes) is 1. The molecular formula is C26H43NO4. The van der Waals surface area contributed by atoms with E-state index in [2.05, 4.69) is 44.7 Å². The fourth-order valence-corrected chi connectivity index (χ4v) is 5.85. The summed E-state index contributed by atoms with van der Waals surface area (Å²) in [5.74, 6) is 0.478. The molecule has 8 atom stereocenters. The highest BCUT2D eigenvalue weighted by Crippen LogP contribution is 2.49. The second kappa shape index (κ2) is 11.1. The van der Waals surface area contributed by atoms with Gasteiger partial charge in [0.1, 0.15) is 6.04 Å². The predicted octanol–water partition coefficient (Wildman–Crippen LogP) is 4.23. The van der Waals surface area contributed by atoms with Crippen LogP contribution < -0.4 is 0 Å². The average molecular weight is 434 g/mol. The number of aliphatic hydroxyl groups is 2. The molecule has 0 amide bonds. The minimum Gasteiger partial charge on any atom is -0.465 e. The standard InChI is InChI=1S/C26H43NO4/c1-5-6-14-31-26(30)22-9-7-8-19-15-21-20(25(29)16-23(21)27(19)22)12-13-24(28)18(4)11-10-17(2)3/h10,12-13,18-25,28-29H,5-9,11,14-16H2,1-4H3/t18?,19?,20-,21-,22?,23?,24-,25-/m1/s1. The van der Waals surface area contributed by atoms with Crippen molar-refractivity contribution >= 4 is 5.97 Å². The maximum atomic E-state index is 12.8. The Labute approximate surface area is 188 Å². The van der Waals surface area contributed by atoms with E-state index < -0.39 is 12.2 Å². The number of ether oxygens (including phenoxy) is 1. The van der Waals surface area contributed by atoms with Gasteiger partial charge >= 0.3 is 5.97 Å². The van der Waals surface area contributed by atoms with Gasteiger partial charge in [-0.15, -0.1) is 0 Å². The summed E-state index contributed by atoms with van der Waals surface area (Å²) in [6.07, 6.45) is 12.8. The van der Waals surface area contributed by atoms with E-state index in [9.17, 15) is 15.0 Å². The highest BCUT2D eigenvalue weighted by atomic mass is 16.5. The first-order chi connectivity index (χ1) is 14.8. The van der Waals surface area contributed by atoms with Gasteiger partial charge in [0.15, 0.2) is 0 Å². The lowest BCUT2D eigenvalue weighted by Crippen LogP contribution is -2.51. The van der Waals surface area contributed by atoms with Crippen molar-refractivity contribution in [2.45, 2.75) is 109 Å². The molecule has 1 aliphatic carbocycles. The number of piperidine rings is 1. The molecule has 0 aromatic carbocycles. The molecular weight excluding hydrogens is 390 g/mol. The number of allylic oxidation sites excluding steroid dienone is 2. The summed E-state index contributed by atoms with van der Waals surface area (Å²) in [6.45, 7) is 8.82. The summed E-state index contributed by atoms with van der Waals surface area (Å²) in [6, 6.07) is 0.492. The maximum absolute atomic E-state index is 12.8. The van der Waals surface area contributed by atoms with Crippen molar-refractivity contribution in [3.05, 3.63) is 23.8 Å². The van der Waals surface area contributed by atoms with E-state index in [-0.39, 0.29) is 29.9 Å². The van der Waals surface area contributed by atoms with Gasteiger partial charge in [-0.3, -0.25) is 9.69 Å². The third-order valence-corrected chi connectivity index (χ3v) is 7.67. The Bertz CT molecular complexity index is 656. The van der Waals surface area contributed by atoms with Crippen LogP contribution in [0, 0.1) is 17.8 Å². The van der Waals surface area contributed by atoms with E-state index in [1.165, 1.54) is 5.57 Å². The third kappa shape index (κ3) is 5.80. The largest absolute Gasteiger partial charge is 0.465 e. The summed E-state index contributed by atoms with van der Waals surface area (Å²) in [7, 11) is 0. The van der Waals surface area contributed by atoms with Crippen LogP contribution >= 0.6 is 0 Å². The van der Waals surface area contributed by atoms with Gasteiger partial charge < -0.3 is 14.9 Å². The number of hydrogen-bond acceptors (Lipinski definition) is 5. The number of carbonyl (C=O) groups is 1. The Balaban J connectivity index is 1.65. The Morgan fingerprint density at radius 3 is 2.74 bits per heavy atom. The monoisotopic (exact) mass is 433 g/mol. The SMILES string of the molecule is CCCCOC(=O)C1CCCC2C[C@H]3C(C[C@@H](O)[C@@H]3C=C[C@@H](O)C(C)CC=C(C)C)N21. The second-order valence-corrected chi connectivity index (χ2v) is 10.3. The lowest BCUT2D eigenvalue weighted by molar-refractivity contribution is -0.153. The first-order valence-electron chi connectivity index (χ1n) is 12.4. The molecule has 4 unspecified atom stereocenters. The molecule has 5 heteroatoms. The van der Waals surface area contributed by atoms with Gasteiger partial charge in [0.2, 0.25) is 0 Å². The summed E-state index contributed by atoms with van der Waals surface area (Å²) in [4.78, 5) is 15.2. The quantitative estimate of drug-likeness (QED) is 0.323. The summed E-state index contributed by atoms with van der Waals surface area (Å²) >= 11 is 0. The van der Waals surface area contributed by atoms with Crippen LogP contribution in [0.4, 0.5) is 0 Å². The molecule has 5 nitrogen and oxygen atoms in total. The fourth-order valence-electron chi connectivity index (χ4n) is 5.85. The van der Waals surface area contributed by atoms with E-state index in [1.807, 2.05) is 6.08 Å². The molecule has 0 aromatic rings. The molecule has 0 radical (unpaired) electrons. The van der Waals surface area contributed by atoms with E-state index in [1.54, 1.807) is 0 Å². The minimum absolute atomic E-state index is 0.0534. The maximum Gasteiger partial charge on any atom is 0.323 e. The van der Waals surface area contributed by atoms with Gasteiger partial charge in [-0.1, -0.05) is 44.1 Å². The van der Waals surface area contributed by atoms with Crippen LogP contribution in [0.15, 0.2) is 23.8 Å². The highest BCUT2D eigenvalue weighted by molar-refractivity contribution is 5.76. The molecule has 0 aromatic heterocycles. The van der Waals surface area contributed by atoms with Gasteiger partial charge in [0.05, 0.1) is 18.8 Å². The van der Waals surface area contributed by atoms with Crippen molar-refractivity contribution in [2.24, 2.45) is 17.8 Å². The van der Waals surface area contributed by atoms with E-state index >= 15 is 0 Å². The molecule has 2 heterocycles. The molecule has 3 fully saturated rings. The van der Waals surface area contributed by atoms with Crippen LogP contribution in [0.25, 0.3) is 0 Å². The smallest absolute Gasteiger partial charge is 0.323 e. The van der Waals surface area contributed by atoms with Crippen LogP contribution in [0.3, 0.4) is 0 Å². The molecule has 176 valence electrons. The number of hydrogen-bond donors (Lipinski definition) is 2. The van der Waals surface area contributed by atoms with E-state index in [0.29, 0.717) is 25.0 Å². The van der Waals surface area contributed by atoms with Crippen molar-refractivity contribution in [3.63, 3.8) is 0 Å². The molecule has 3 rings (SSSR count). The zero-order valence-corrected chi connectivity index (χ0v) is 19.9. The Kier molecular flexibility index (Phi) is 8.77. The number of nitrogens with zero attached hydrogens (tertiary/aromatic N) is 1. The highest BCUT2D eigenvalue weighted by Gasteiger charge is 2.55. The van der Waals surface area contributed by atoms with Crippen LogP contribution in [0.5, 0.6) is 0 Å². The van der Waals surface area contributed by atoms with Crippen molar-refractivity contribution in [2.75, 3.05) is 6.61 Å². The summed E-state index contributed by atoms with van der Waals surface area (Å²) < 4.78 is 5.58. The number of fused-ring (bicyclic) bond motifs is 3. The first kappa shape index (κ1) is 24.5. The number of rotatable bonds is 9. The number of esters is 1. The van der Waals surface area contributed by atoms with Crippen molar-refractivity contribution in [1.82, 2.24) is 4.90 Å². The first-order valence-corrected chi connectivity index (χ1v) is 12.4. The van der Waals surface area contributed by atoms with Crippen molar-refractivity contribution in [3.8, 4) is 0 Å². The zero-order chi connectivity index (χ0) is 22.5. The van der Waals surface area contributed by atoms with Crippen molar-refractivity contribution in [1.29, 1.82) is 0 Å². The minimum atomic E-state index is -0.507. The van der Waals surface area contributed by atoms with E-state index in [4.69, 9.17) is 4.74 Å². The molecule has 0 bridgehead atoms. The average Bonchev–Trinajstić information content (AvgIpc) is 3.24. The number of carbonyl (C=O) groups excluding carboxylic acids is 1. The van der Waals surface area contributed by atoms with E-state index in [0.717, 1.165) is 44.9 Å². The van der Waals surface area contributed by atoms with Gasteiger partial charge in [0, 0.05) is 18.0 Å². The van der Waals surface area contributed by atoms with Gasteiger partial charge in [-0.2, -0.15) is 0 Å². The molecule has 2 aliphatic heterocycles. The van der Waals surface area contributed by atoms with Crippen molar-refractivity contribution < 1.29 is 19.7 Å². The lowest BCUT2D eigenvalue weighted by Gasteiger charge is -2.39. The molecule has 2 saturated heterocycles.